The van der Waals surface area contributed by atoms with E-state index in [4.69, 9.17) is 9.47 Å². The number of nitrogens with one attached hydrogen (secondary N) is 2. The molecule has 2 N–H and O–H groups in total. The molecular weight excluding hydrogens is 336 g/mol. The van der Waals surface area contributed by atoms with E-state index in [0.29, 0.717) is 6.61 Å². The smallest absolute Gasteiger partial charge is 0.126 e. The van der Waals surface area contributed by atoms with Gasteiger partial charge in [0.1, 0.15) is 18.1 Å². The lowest BCUT2D eigenvalue weighted by Gasteiger charge is -2.27. The molecule has 0 aromatic heterocycles. The molecule has 0 bridgehead atoms. The van der Waals surface area contributed by atoms with Crippen molar-refractivity contribution in [3.05, 3.63) is 71.8 Å². The van der Waals surface area contributed by atoms with E-state index in [0.717, 1.165) is 54.7 Å². The van der Waals surface area contributed by atoms with Gasteiger partial charge in [0.05, 0.1) is 7.11 Å². The van der Waals surface area contributed by atoms with Crippen LogP contribution in [0.2, 0.25) is 0 Å². The minimum Gasteiger partial charge on any atom is -0.496 e. The Morgan fingerprint density at radius 2 is 2.04 bits per heavy atom. The maximum atomic E-state index is 5.78. The van der Waals surface area contributed by atoms with Gasteiger partial charge in [-0.2, -0.15) is 0 Å². The first-order chi connectivity index (χ1) is 13.3. The highest BCUT2D eigenvalue weighted by molar-refractivity contribution is 5.73. The molecule has 1 aliphatic rings. The van der Waals surface area contributed by atoms with Crippen LogP contribution in [0, 0.1) is 5.92 Å². The third kappa shape index (κ3) is 5.71. The largest absolute Gasteiger partial charge is 0.496 e. The van der Waals surface area contributed by atoms with Gasteiger partial charge in [0, 0.05) is 31.7 Å². The summed E-state index contributed by atoms with van der Waals surface area (Å²) in [5.74, 6) is 2.47. The highest BCUT2D eigenvalue weighted by Crippen LogP contribution is 2.23. The Hall–Kier alpha value is -2.56. The molecule has 27 heavy (non-hydrogen) atoms. The maximum Gasteiger partial charge on any atom is 0.126 e. The molecule has 0 amide bonds. The topological polar surface area (TPSA) is 42.5 Å². The third-order valence-corrected chi connectivity index (χ3v) is 4.58. The van der Waals surface area contributed by atoms with Crippen LogP contribution in [0.15, 0.2) is 55.1 Å². The summed E-state index contributed by atoms with van der Waals surface area (Å²) in [7, 11) is 1.69. The zero-order chi connectivity index (χ0) is 18.9. The number of hydrogen-bond donors (Lipinski definition) is 2. The third-order valence-electron chi connectivity index (χ3n) is 4.58. The Morgan fingerprint density at radius 3 is 2.78 bits per heavy atom. The molecule has 0 aliphatic carbocycles. The molecule has 3 rings (SSSR count). The SMILES string of the molecule is C=CCOc1cc(/C=C/c2ccccc2OC)cc(CNCC2CNC2)c1. The number of rotatable bonds is 10. The molecule has 4 nitrogen and oxygen atoms in total. The fraction of sp³-hybridized carbons (Fsp3) is 0.304. The molecule has 2 aromatic rings. The lowest BCUT2D eigenvalue weighted by Crippen LogP contribution is -2.47. The van der Waals surface area contributed by atoms with Crippen LogP contribution in [0.25, 0.3) is 12.2 Å². The lowest BCUT2D eigenvalue weighted by molar-refractivity contribution is 0.331. The van der Waals surface area contributed by atoms with E-state index >= 15 is 0 Å². The monoisotopic (exact) mass is 364 g/mol. The summed E-state index contributed by atoms with van der Waals surface area (Å²) in [6.07, 6.45) is 5.93. The van der Waals surface area contributed by atoms with E-state index in [-0.39, 0.29) is 0 Å². The average Bonchev–Trinajstić information content (AvgIpc) is 2.67. The highest BCUT2D eigenvalue weighted by atomic mass is 16.5. The minimum atomic E-state index is 0.500. The molecule has 0 atom stereocenters. The maximum absolute atomic E-state index is 5.78. The predicted molar refractivity (Wildman–Crippen MR) is 112 cm³/mol. The molecule has 1 saturated heterocycles. The van der Waals surface area contributed by atoms with Crippen LogP contribution in [0.4, 0.5) is 0 Å². The van der Waals surface area contributed by atoms with Gasteiger partial charge in [0.2, 0.25) is 0 Å². The summed E-state index contributed by atoms with van der Waals surface area (Å²) in [5.41, 5.74) is 3.36. The van der Waals surface area contributed by atoms with Crippen LogP contribution in [-0.4, -0.2) is 33.4 Å². The van der Waals surface area contributed by atoms with E-state index in [1.54, 1.807) is 13.2 Å². The molecule has 0 spiro atoms. The predicted octanol–water partition coefficient (Wildman–Crippen LogP) is 3.74. The summed E-state index contributed by atoms with van der Waals surface area (Å²) >= 11 is 0. The average molecular weight is 364 g/mol. The molecule has 4 heteroatoms. The summed E-state index contributed by atoms with van der Waals surface area (Å²) in [4.78, 5) is 0. The van der Waals surface area contributed by atoms with Crippen LogP contribution in [0.5, 0.6) is 11.5 Å². The first-order valence-electron chi connectivity index (χ1n) is 9.38. The first-order valence-corrected chi connectivity index (χ1v) is 9.38. The number of methoxy groups -OCH3 is 1. The number of para-hydroxylation sites is 1. The van der Waals surface area contributed by atoms with Crippen molar-refractivity contribution in [2.75, 3.05) is 33.4 Å². The fourth-order valence-electron chi connectivity index (χ4n) is 3.03. The van der Waals surface area contributed by atoms with Crippen LogP contribution in [0.3, 0.4) is 0 Å². The summed E-state index contributed by atoms with van der Waals surface area (Å²) in [6, 6.07) is 14.3. The minimum absolute atomic E-state index is 0.500. The van der Waals surface area contributed by atoms with Gasteiger partial charge < -0.3 is 20.1 Å². The van der Waals surface area contributed by atoms with E-state index < -0.39 is 0 Å². The van der Waals surface area contributed by atoms with Crippen LogP contribution in [0.1, 0.15) is 16.7 Å². The highest BCUT2D eigenvalue weighted by Gasteiger charge is 2.15. The van der Waals surface area contributed by atoms with Gasteiger partial charge >= 0.3 is 0 Å². The van der Waals surface area contributed by atoms with Crippen molar-refractivity contribution >= 4 is 12.2 Å². The molecule has 0 radical (unpaired) electrons. The Bertz CT molecular complexity index is 782. The van der Waals surface area contributed by atoms with Crippen molar-refractivity contribution in [2.45, 2.75) is 6.54 Å². The van der Waals surface area contributed by atoms with Crippen LogP contribution >= 0.6 is 0 Å². The van der Waals surface area contributed by atoms with Crippen LogP contribution < -0.4 is 20.1 Å². The van der Waals surface area contributed by atoms with Gasteiger partial charge in [-0.15, -0.1) is 0 Å². The molecule has 142 valence electrons. The Balaban J connectivity index is 1.74. The second-order valence-electron chi connectivity index (χ2n) is 6.74. The quantitative estimate of drug-likeness (QED) is 0.498. The number of hydrogen-bond acceptors (Lipinski definition) is 4. The second kappa shape index (κ2) is 9.95. The van der Waals surface area contributed by atoms with Crippen molar-refractivity contribution in [1.82, 2.24) is 10.6 Å². The first kappa shape index (κ1) is 19.2. The molecule has 1 aliphatic heterocycles. The molecule has 2 aromatic carbocycles. The van der Waals surface area contributed by atoms with E-state index in [1.807, 2.05) is 24.3 Å². The number of benzene rings is 2. The molecule has 1 heterocycles. The van der Waals surface area contributed by atoms with E-state index in [9.17, 15) is 0 Å². The lowest BCUT2D eigenvalue weighted by atomic mass is 10.0. The van der Waals surface area contributed by atoms with Gasteiger partial charge in [0.25, 0.3) is 0 Å². The van der Waals surface area contributed by atoms with Gasteiger partial charge in [-0.1, -0.05) is 49.1 Å². The van der Waals surface area contributed by atoms with Crippen molar-refractivity contribution in [3.8, 4) is 11.5 Å². The van der Waals surface area contributed by atoms with Crippen molar-refractivity contribution in [1.29, 1.82) is 0 Å². The molecule has 0 unspecified atom stereocenters. The number of ether oxygens (including phenoxy) is 2. The van der Waals surface area contributed by atoms with Gasteiger partial charge in [0.15, 0.2) is 0 Å². The summed E-state index contributed by atoms with van der Waals surface area (Å²) < 4.78 is 11.2. The van der Waals surface area contributed by atoms with Gasteiger partial charge in [-0.05, 0) is 35.2 Å². The van der Waals surface area contributed by atoms with Crippen molar-refractivity contribution < 1.29 is 9.47 Å². The van der Waals surface area contributed by atoms with E-state index in [2.05, 4.69) is 47.6 Å². The Labute approximate surface area is 161 Å². The fourth-order valence-corrected chi connectivity index (χ4v) is 3.03. The van der Waals surface area contributed by atoms with Crippen LogP contribution in [-0.2, 0) is 6.54 Å². The molecule has 1 fully saturated rings. The summed E-state index contributed by atoms with van der Waals surface area (Å²) in [5, 5.41) is 6.85. The molecule has 0 saturated carbocycles. The molecular formula is C23H28N2O2. The van der Waals surface area contributed by atoms with Crippen molar-refractivity contribution in [2.24, 2.45) is 5.92 Å². The van der Waals surface area contributed by atoms with Gasteiger partial charge in [-0.25, -0.2) is 0 Å². The van der Waals surface area contributed by atoms with Crippen molar-refractivity contribution in [3.63, 3.8) is 0 Å². The summed E-state index contributed by atoms with van der Waals surface area (Å²) in [6.45, 7) is 8.33. The zero-order valence-electron chi connectivity index (χ0n) is 15.9. The standard InChI is InChI=1S/C23H28N2O2/c1-3-10-27-22-12-18(8-9-21-6-4-5-7-23(21)26-2)11-19(13-22)14-24-15-20-16-25-17-20/h3-9,11-13,20,24-25H,1,10,14-17H2,2H3/b9-8+. The Kier molecular flexibility index (Phi) is 7.08. The Morgan fingerprint density at radius 1 is 1.19 bits per heavy atom. The van der Waals surface area contributed by atoms with Gasteiger partial charge in [-0.3, -0.25) is 0 Å². The van der Waals surface area contributed by atoms with E-state index in [1.165, 1.54) is 5.56 Å². The zero-order valence-corrected chi connectivity index (χ0v) is 15.9. The second-order valence-corrected chi connectivity index (χ2v) is 6.74. The normalized spacial score (nSPS) is 14.1.